The maximum Gasteiger partial charge on any atom is 0.0904 e. The summed E-state index contributed by atoms with van der Waals surface area (Å²) in [6.07, 6.45) is 1.12. The fourth-order valence-electron chi connectivity index (χ4n) is 4.66. The van der Waals surface area contributed by atoms with E-state index in [2.05, 4.69) is 99.2 Å². The highest BCUT2D eigenvalue weighted by Gasteiger charge is 2.27. The molecule has 3 heterocycles. The maximum atomic E-state index is 3.40. The predicted molar refractivity (Wildman–Crippen MR) is 123 cm³/mol. The van der Waals surface area contributed by atoms with Crippen molar-refractivity contribution in [3.05, 3.63) is 83.2 Å². The van der Waals surface area contributed by atoms with Crippen molar-refractivity contribution in [1.82, 2.24) is 19.7 Å². The highest BCUT2D eigenvalue weighted by molar-refractivity contribution is 5.81. The van der Waals surface area contributed by atoms with Gasteiger partial charge in [0.15, 0.2) is 0 Å². The third-order valence-corrected chi connectivity index (χ3v) is 6.08. The van der Waals surface area contributed by atoms with Crippen molar-refractivity contribution in [2.75, 3.05) is 39.9 Å². The van der Waals surface area contributed by atoms with E-state index in [4.69, 9.17) is 0 Å². The molecule has 0 saturated heterocycles. The Bertz CT molecular complexity index is 1080. The van der Waals surface area contributed by atoms with Crippen LogP contribution in [0.15, 0.2) is 71.9 Å². The first-order valence-corrected chi connectivity index (χ1v) is 10.7. The van der Waals surface area contributed by atoms with Crippen molar-refractivity contribution in [2.24, 2.45) is 0 Å². The number of rotatable bonds is 3. The van der Waals surface area contributed by atoms with Crippen LogP contribution in [0.25, 0.3) is 10.9 Å². The first-order valence-electron chi connectivity index (χ1n) is 10.7. The van der Waals surface area contributed by atoms with Crippen LogP contribution in [0.3, 0.4) is 0 Å². The van der Waals surface area contributed by atoms with E-state index in [1.54, 1.807) is 11.3 Å². The van der Waals surface area contributed by atoms with Crippen LogP contribution < -0.4 is 0 Å². The first-order chi connectivity index (χ1) is 14.7. The number of aromatic nitrogens is 1. The van der Waals surface area contributed by atoms with E-state index in [0.717, 1.165) is 57.0 Å². The van der Waals surface area contributed by atoms with E-state index in [1.807, 2.05) is 0 Å². The predicted octanol–water partition coefficient (Wildman–Crippen LogP) is 3.88. The first kappa shape index (κ1) is 19.0. The summed E-state index contributed by atoms with van der Waals surface area (Å²) in [7, 11) is 2.23. The molecule has 3 aromatic rings. The third kappa shape index (κ3) is 4.14. The summed E-state index contributed by atoms with van der Waals surface area (Å²) in [5, 5.41) is 1.22. The molecule has 0 radical (unpaired) electrons. The summed E-state index contributed by atoms with van der Waals surface area (Å²) in [6, 6.07) is 21.2. The van der Waals surface area contributed by atoms with Crippen molar-refractivity contribution >= 4 is 10.9 Å². The van der Waals surface area contributed by atoms with Crippen LogP contribution in [0.5, 0.6) is 0 Å². The molecular weight excluding hydrogens is 368 g/mol. The van der Waals surface area contributed by atoms with Gasteiger partial charge in [-0.2, -0.15) is 0 Å². The van der Waals surface area contributed by atoms with Crippen LogP contribution in [0.4, 0.5) is 0 Å². The van der Waals surface area contributed by atoms with Gasteiger partial charge in [0.25, 0.3) is 0 Å². The number of nitrogens with zero attached hydrogens (tertiary/aromatic N) is 3. The van der Waals surface area contributed by atoms with Crippen molar-refractivity contribution < 1.29 is 0 Å². The number of benzene rings is 2. The third-order valence-electron chi connectivity index (χ3n) is 6.08. The molecule has 30 heavy (non-hydrogen) atoms. The lowest BCUT2D eigenvalue weighted by atomic mass is 10.0. The number of hydrogen-bond donors (Lipinski definition) is 1. The van der Waals surface area contributed by atoms with Gasteiger partial charge in [0, 0.05) is 56.2 Å². The molecule has 0 atom stereocenters. The van der Waals surface area contributed by atoms with E-state index in [-0.39, 0.29) is 0 Å². The Kier molecular flexibility index (Phi) is 5.31. The van der Waals surface area contributed by atoms with E-state index >= 15 is 0 Å². The average Bonchev–Trinajstić information content (AvgIpc) is 3.17. The van der Waals surface area contributed by atoms with Gasteiger partial charge in [-0.25, -0.2) is 0 Å². The zero-order valence-electron chi connectivity index (χ0n) is 17.6. The molecule has 4 heteroatoms. The minimum Gasteiger partial charge on any atom is -0.365 e. The van der Waals surface area contributed by atoms with Gasteiger partial charge in [0.1, 0.15) is 0 Å². The summed E-state index contributed by atoms with van der Waals surface area (Å²) in [5.74, 6) is 6.70. The van der Waals surface area contributed by atoms with Crippen LogP contribution in [-0.4, -0.2) is 59.6 Å². The zero-order chi connectivity index (χ0) is 20.3. The quantitative estimate of drug-likeness (QED) is 0.680. The standard InChI is InChI=1S/C26H28N4/c1-28-20-30(17-21-8-3-2-4-9-21)19-23-18-29(15-13-26(23)28)14-7-11-24-16-22-10-5-6-12-25(22)27-24/h2-6,8-10,12,16,27H,13-15,17-20H2,1H3. The molecule has 2 aliphatic rings. The van der Waals surface area contributed by atoms with Gasteiger partial charge in [0.05, 0.1) is 18.9 Å². The minimum atomic E-state index is 0.814. The van der Waals surface area contributed by atoms with Crippen LogP contribution in [-0.2, 0) is 6.54 Å². The van der Waals surface area contributed by atoms with E-state index in [9.17, 15) is 0 Å². The largest absolute Gasteiger partial charge is 0.365 e. The van der Waals surface area contributed by atoms with Crippen molar-refractivity contribution in [3.63, 3.8) is 0 Å². The zero-order valence-corrected chi connectivity index (χ0v) is 17.6. The van der Waals surface area contributed by atoms with Gasteiger partial charge in [-0.05, 0) is 29.2 Å². The van der Waals surface area contributed by atoms with Crippen molar-refractivity contribution in [1.29, 1.82) is 0 Å². The Balaban J connectivity index is 1.23. The normalized spacial score (nSPS) is 17.7. The average molecular weight is 397 g/mol. The molecule has 0 aliphatic carbocycles. The van der Waals surface area contributed by atoms with Crippen LogP contribution in [0.2, 0.25) is 0 Å². The number of nitrogens with one attached hydrogen (secondary N) is 1. The number of fused-ring (bicyclic) bond motifs is 1. The second kappa shape index (κ2) is 8.39. The number of para-hydroxylation sites is 1. The molecule has 2 aliphatic heterocycles. The van der Waals surface area contributed by atoms with Gasteiger partial charge >= 0.3 is 0 Å². The SMILES string of the molecule is CN1CN(Cc2ccccc2)CC2=C1CCN(CC#Cc1cc3ccccc3[nH]1)C2. The van der Waals surface area contributed by atoms with Crippen LogP contribution >= 0.6 is 0 Å². The summed E-state index contributed by atoms with van der Waals surface area (Å²) in [4.78, 5) is 10.9. The molecule has 152 valence electrons. The molecule has 0 unspecified atom stereocenters. The Morgan fingerprint density at radius 2 is 1.77 bits per heavy atom. The molecule has 0 spiro atoms. The van der Waals surface area contributed by atoms with Gasteiger partial charge in [-0.15, -0.1) is 0 Å². The molecule has 2 aromatic carbocycles. The van der Waals surface area contributed by atoms with Gasteiger partial charge in [-0.3, -0.25) is 9.80 Å². The fourth-order valence-corrected chi connectivity index (χ4v) is 4.66. The minimum absolute atomic E-state index is 0.814. The lowest BCUT2D eigenvalue weighted by Crippen LogP contribution is -2.47. The summed E-state index contributed by atoms with van der Waals surface area (Å²) >= 11 is 0. The highest BCUT2D eigenvalue weighted by Crippen LogP contribution is 2.26. The maximum absolute atomic E-state index is 3.40. The molecule has 0 amide bonds. The van der Waals surface area contributed by atoms with E-state index < -0.39 is 0 Å². The second-order valence-corrected chi connectivity index (χ2v) is 8.39. The molecule has 4 nitrogen and oxygen atoms in total. The molecule has 0 fully saturated rings. The van der Waals surface area contributed by atoms with Crippen molar-refractivity contribution in [2.45, 2.75) is 13.0 Å². The number of H-pyrrole nitrogens is 1. The Morgan fingerprint density at radius 3 is 2.63 bits per heavy atom. The number of hydrogen-bond acceptors (Lipinski definition) is 3. The van der Waals surface area contributed by atoms with Crippen LogP contribution in [0, 0.1) is 11.8 Å². The summed E-state index contributed by atoms with van der Waals surface area (Å²) < 4.78 is 0. The highest BCUT2D eigenvalue weighted by atomic mass is 15.3. The fraction of sp³-hybridized carbons (Fsp3) is 0.308. The summed E-state index contributed by atoms with van der Waals surface area (Å²) in [6.45, 7) is 5.99. The number of aromatic amines is 1. The second-order valence-electron chi connectivity index (χ2n) is 8.39. The monoisotopic (exact) mass is 396 g/mol. The molecular formula is C26H28N4. The molecule has 0 bridgehead atoms. The van der Waals surface area contributed by atoms with Crippen molar-refractivity contribution in [3.8, 4) is 11.8 Å². The van der Waals surface area contributed by atoms with E-state index in [1.165, 1.54) is 10.9 Å². The Labute approximate surface area is 178 Å². The topological polar surface area (TPSA) is 25.5 Å². The smallest absolute Gasteiger partial charge is 0.0904 e. The van der Waals surface area contributed by atoms with Gasteiger partial charge in [0.2, 0.25) is 0 Å². The van der Waals surface area contributed by atoms with Crippen LogP contribution in [0.1, 0.15) is 17.7 Å². The summed E-state index contributed by atoms with van der Waals surface area (Å²) in [5.41, 5.74) is 6.63. The lowest BCUT2D eigenvalue weighted by molar-refractivity contribution is 0.137. The van der Waals surface area contributed by atoms with Gasteiger partial charge < -0.3 is 9.88 Å². The Morgan fingerprint density at radius 1 is 0.967 bits per heavy atom. The van der Waals surface area contributed by atoms with E-state index in [0.29, 0.717) is 0 Å². The Hall–Kier alpha value is -3.00. The molecule has 1 N–H and O–H groups in total. The molecule has 0 saturated carbocycles. The molecule has 5 rings (SSSR count). The lowest BCUT2D eigenvalue weighted by Gasteiger charge is -2.42. The van der Waals surface area contributed by atoms with Gasteiger partial charge in [-0.1, -0.05) is 54.5 Å². The molecule has 1 aromatic heterocycles.